The summed E-state index contributed by atoms with van der Waals surface area (Å²) in [4.78, 5) is 7.00. The number of hydrogen-bond donors (Lipinski definition) is 4. The van der Waals surface area contributed by atoms with Gasteiger partial charge in [0.15, 0.2) is 17.5 Å². The lowest BCUT2D eigenvalue weighted by molar-refractivity contribution is 0.194. The van der Waals surface area contributed by atoms with Crippen molar-refractivity contribution in [1.29, 1.82) is 5.41 Å². The Balaban J connectivity index is 1.90. The summed E-state index contributed by atoms with van der Waals surface area (Å²) in [6.45, 7) is 1.55. The van der Waals surface area contributed by atoms with E-state index in [4.69, 9.17) is 21.7 Å². The van der Waals surface area contributed by atoms with Gasteiger partial charge in [0.1, 0.15) is 11.3 Å². The monoisotopic (exact) mass is 423 g/mol. The number of methoxy groups -OCH3 is 1. The Morgan fingerprint density at radius 2 is 2.17 bits per heavy atom. The summed E-state index contributed by atoms with van der Waals surface area (Å²) < 4.78 is 33.4. The van der Waals surface area contributed by atoms with Crippen molar-refractivity contribution in [3.8, 4) is 0 Å². The number of amidine groups is 1. The molecule has 0 bridgehead atoms. The third kappa shape index (κ3) is 4.70. The Kier molecular flexibility index (Phi) is 6.75. The van der Waals surface area contributed by atoms with E-state index in [1.165, 1.54) is 12.1 Å². The number of benzene rings is 2. The molecule has 4 N–H and O–H groups in total. The van der Waals surface area contributed by atoms with Gasteiger partial charge in [-0.15, -0.1) is 0 Å². The Labute approximate surface area is 170 Å². The molecule has 10 heteroatoms. The highest BCUT2D eigenvalue weighted by molar-refractivity contribution is 6.31. The standard InChI is InChI=1S/C19H20ClF2N5O2/c1-29-7-3-6-24-10-15-25-17-13(9-14(21)16(22)18(17)26-15)19(23)27(28)12-5-2-4-11(20)8-12/h2,4-5,8-9,23-24,28H,3,6-7,10H2,1H3,(H,25,26). The highest BCUT2D eigenvalue weighted by atomic mass is 35.5. The van der Waals surface area contributed by atoms with E-state index in [9.17, 15) is 14.0 Å². The fourth-order valence-electron chi connectivity index (χ4n) is 2.82. The van der Waals surface area contributed by atoms with Crippen LogP contribution < -0.4 is 10.4 Å². The minimum absolute atomic E-state index is 0.0421. The van der Waals surface area contributed by atoms with Crippen LogP contribution in [-0.2, 0) is 11.3 Å². The summed E-state index contributed by atoms with van der Waals surface area (Å²) in [7, 11) is 1.61. The number of nitrogens with zero attached hydrogens (tertiary/aromatic N) is 2. The normalized spacial score (nSPS) is 11.2. The molecule has 0 saturated heterocycles. The second-order valence-corrected chi connectivity index (χ2v) is 6.73. The van der Waals surface area contributed by atoms with Crippen LogP contribution in [0.15, 0.2) is 30.3 Å². The molecule has 0 aliphatic carbocycles. The average Bonchev–Trinajstić information content (AvgIpc) is 3.14. The van der Waals surface area contributed by atoms with Crippen molar-refractivity contribution in [2.45, 2.75) is 13.0 Å². The van der Waals surface area contributed by atoms with E-state index in [-0.39, 0.29) is 22.3 Å². The van der Waals surface area contributed by atoms with Crippen molar-refractivity contribution < 1.29 is 18.7 Å². The summed E-state index contributed by atoms with van der Waals surface area (Å²) in [5.41, 5.74) is 0.0426. The van der Waals surface area contributed by atoms with E-state index in [0.717, 1.165) is 12.5 Å². The van der Waals surface area contributed by atoms with Gasteiger partial charge in [-0.1, -0.05) is 17.7 Å². The third-order valence-corrected chi connectivity index (χ3v) is 4.46. The second-order valence-electron chi connectivity index (χ2n) is 6.29. The minimum Gasteiger partial charge on any atom is -0.385 e. The Morgan fingerprint density at radius 1 is 1.38 bits per heavy atom. The zero-order valence-corrected chi connectivity index (χ0v) is 16.4. The van der Waals surface area contributed by atoms with Crippen molar-refractivity contribution in [3.63, 3.8) is 0 Å². The molecule has 0 aliphatic heterocycles. The number of ether oxygens (including phenoxy) is 1. The molecule has 2 aromatic carbocycles. The van der Waals surface area contributed by atoms with E-state index in [2.05, 4.69) is 15.3 Å². The fourth-order valence-corrected chi connectivity index (χ4v) is 3.01. The zero-order chi connectivity index (χ0) is 21.0. The first kappa shape index (κ1) is 21.1. The molecule has 154 valence electrons. The summed E-state index contributed by atoms with van der Waals surface area (Å²) in [5, 5.41) is 22.7. The molecule has 0 amide bonds. The molecule has 0 radical (unpaired) electrons. The van der Waals surface area contributed by atoms with Crippen molar-refractivity contribution in [3.05, 3.63) is 58.4 Å². The first-order chi connectivity index (χ1) is 13.9. The molecule has 1 heterocycles. The smallest absolute Gasteiger partial charge is 0.186 e. The van der Waals surface area contributed by atoms with Gasteiger partial charge in [0, 0.05) is 24.3 Å². The van der Waals surface area contributed by atoms with E-state index in [1.807, 2.05) is 0 Å². The number of imidazole rings is 1. The molecule has 0 aliphatic rings. The maximum Gasteiger partial charge on any atom is 0.186 e. The van der Waals surface area contributed by atoms with Crippen molar-refractivity contribution in [1.82, 2.24) is 15.3 Å². The summed E-state index contributed by atoms with van der Waals surface area (Å²) in [5.74, 6) is -2.36. The van der Waals surface area contributed by atoms with Gasteiger partial charge < -0.3 is 15.0 Å². The molecule has 0 unspecified atom stereocenters. The maximum absolute atomic E-state index is 14.3. The molecule has 7 nitrogen and oxygen atoms in total. The number of aromatic amines is 1. The van der Waals surface area contributed by atoms with Crippen LogP contribution in [0.5, 0.6) is 0 Å². The number of H-pyrrole nitrogens is 1. The molecule has 0 saturated carbocycles. The lowest BCUT2D eigenvalue weighted by Gasteiger charge is -2.18. The number of fused-ring (bicyclic) bond motifs is 1. The van der Waals surface area contributed by atoms with Gasteiger partial charge >= 0.3 is 0 Å². The molecule has 0 spiro atoms. The summed E-state index contributed by atoms with van der Waals surface area (Å²) >= 11 is 5.92. The highest BCUT2D eigenvalue weighted by Gasteiger charge is 2.22. The number of nitrogens with one attached hydrogen (secondary N) is 3. The van der Waals surface area contributed by atoms with Crippen LogP contribution in [0.1, 0.15) is 17.8 Å². The number of anilines is 1. The van der Waals surface area contributed by atoms with Gasteiger partial charge in [0.2, 0.25) is 0 Å². The molecule has 3 aromatic rings. The van der Waals surface area contributed by atoms with Gasteiger partial charge in [-0.05, 0) is 37.2 Å². The predicted octanol–water partition coefficient (Wildman–Crippen LogP) is 3.84. The average molecular weight is 424 g/mol. The molecule has 0 atom stereocenters. The Hall–Kier alpha value is -2.59. The number of halogens is 3. The first-order valence-electron chi connectivity index (χ1n) is 8.82. The summed E-state index contributed by atoms with van der Waals surface area (Å²) in [6, 6.07) is 7.02. The van der Waals surface area contributed by atoms with E-state index >= 15 is 0 Å². The van der Waals surface area contributed by atoms with Gasteiger partial charge in [-0.25, -0.2) is 18.8 Å². The molecular formula is C19H20ClF2N5O2. The summed E-state index contributed by atoms with van der Waals surface area (Å²) in [6.07, 6.45) is 0.786. The van der Waals surface area contributed by atoms with Crippen LogP contribution >= 0.6 is 11.6 Å². The van der Waals surface area contributed by atoms with Crippen LogP contribution in [0.4, 0.5) is 14.5 Å². The van der Waals surface area contributed by atoms with Gasteiger partial charge in [-0.2, -0.15) is 0 Å². The Morgan fingerprint density at radius 3 is 2.90 bits per heavy atom. The number of rotatable bonds is 8. The zero-order valence-electron chi connectivity index (χ0n) is 15.6. The molecule has 1 aromatic heterocycles. The maximum atomic E-state index is 14.3. The Bertz CT molecular complexity index is 1030. The van der Waals surface area contributed by atoms with Crippen LogP contribution in [-0.4, -0.2) is 41.3 Å². The van der Waals surface area contributed by atoms with Crippen molar-refractivity contribution >= 4 is 34.2 Å². The van der Waals surface area contributed by atoms with Crippen molar-refractivity contribution in [2.75, 3.05) is 25.3 Å². The largest absolute Gasteiger partial charge is 0.385 e. The van der Waals surface area contributed by atoms with Crippen LogP contribution in [0.2, 0.25) is 5.02 Å². The van der Waals surface area contributed by atoms with Gasteiger partial charge in [0.25, 0.3) is 0 Å². The SMILES string of the molecule is COCCCNCc1nc2c(F)c(F)cc(C(=N)N(O)c3cccc(Cl)c3)c2[nH]1. The predicted molar refractivity (Wildman–Crippen MR) is 107 cm³/mol. The van der Waals surface area contributed by atoms with Crippen LogP contribution in [0.25, 0.3) is 11.0 Å². The van der Waals surface area contributed by atoms with E-state index in [0.29, 0.717) is 35.6 Å². The molecule has 0 fully saturated rings. The van der Waals surface area contributed by atoms with E-state index < -0.39 is 17.5 Å². The van der Waals surface area contributed by atoms with E-state index in [1.54, 1.807) is 19.2 Å². The molecule has 29 heavy (non-hydrogen) atoms. The van der Waals surface area contributed by atoms with Crippen LogP contribution in [0.3, 0.4) is 0 Å². The topological polar surface area (TPSA) is 97.3 Å². The second kappa shape index (κ2) is 9.27. The first-order valence-corrected chi connectivity index (χ1v) is 9.20. The van der Waals surface area contributed by atoms with Gasteiger partial charge in [0.05, 0.1) is 17.7 Å². The lowest BCUT2D eigenvalue weighted by Crippen LogP contribution is -2.27. The number of hydroxylamine groups is 1. The molecular weight excluding hydrogens is 404 g/mol. The number of hydrogen-bond acceptors (Lipinski definition) is 5. The quantitative estimate of drug-likeness (QED) is 0.191. The third-order valence-electron chi connectivity index (χ3n) is 4.22. The highest BCUT2D eigenvalue weighted by Crippen LogP contribution is 2.26. The minimum atomic E-state index is -1.16. The fraction of sp³-hybridized carbons (Fsp3) is 0.263. The van der Waals surface area contributed by atoms with Gasteiger partial charge in [-0.3, -0.25) is 10.6 Å². The molecule has 3 rings (SSSR count). The lowest BCUT2D eigenvalue weighted by atomic mass is 10.1. The van der Waals surface area contributed by atoms with Crippen LogP contribution in [0, 0.1) is 17.0 Å². The number of aromatic nitrogens is 2. The van der Waals surface area contributed by atoms with Crippen molar-refractivity contribution in [2.24, 2.45) is 0 Å².